The quantitative estimate of drug-likeness (QED) is 0.508. The van der Waals surface area contributed by atoms with E-state index in [9.17, 15) is 9.90 Å². The second kappa shape index (κ2) is 8.05. The Bertz CT molecular complexity index is 1200. The molecule has 0 saturated heterocycles. The van der Waals surface area contributed by atoms with Crippen LogP contribution in [0.3, 0.4) is 0 Å². The van der Waals surface area contributed by atoms with Crippen LogP contribution in [-0.2, 0) is 0 Å². The molecule has 0 spiro atoms. The number of aromatic nitrogens is 2. The maximum atomic E-state index is 11.4. The summed E-state index contributed by atoms with van der Waals surface area (Å²) in [5.41, 5.74) is 9.84. The molecule has 0 aliphatic carbocycles. The summed E-state index contributed by atoms with van der Waals surface area (Å²) in [4.78, 5) is 19.6. The summed E-state index contributed by atoms with van der Waals surface area (Å²) in [6.07, 6.45) is 1.61. The highest BCUT2D eigenvalue weighted by atomic mass is 16.5. The van der Waals surface area contributed by atoms with Gasteiger partial charge in [-0.1, -0.05) is 17.7 Å². The number of pyridine rings is 2. The SMILES string of the molecule is Cc1ccc(Oc2ccc(-c3cccc(C(N)=O)n3)cc2)c(-c2ccc(O)nc2)c1. The van der Waals surface area contributed by atoms with E-state index in [4.69, 9.17) is 10.5 Å². The van der Waals surface area contributed by atoms with Crippen molar-refractivity contribution in [3.63, 3.8) is 0 Å². The van der Waals surface area contributed by atoms with Crippen LogP contribution >= 0.6 is 0 Å². The zero-order chi connectivity index (χ0) is 21.1. The standard InChI is InChI=1S/C24H19N3O3/c1-15-5-11-22(19(13-15)17-8-12-23(28)26-14-17)30-18-9-6-16(7-10-18)20-3-2-4-21(27-20)24(25)29/h2-14H,1H3,(H2,25,29)(H,26,28). The molecule has 2 heterocycles. The van der Waals surface area contributed by atoms with E-state index in [1.54, 1.807) is 30.5 Å². The fourth-order valence-corrected chi connectivity index (χ4v) is 3.06. The lowest BCUT2D eigenvalue weighted by Gasteiger charge is -2.13. The Morgan fingerprint density at radius 1 is 0.967 bits per heavy atom. The fraction of sp³-hybridized carbons (Fsp3) is 0.0417. The van der Waals surface area contributed by atoms with E-state index < -0.39 is 5.91 Å². The molecule has 1 amide bonds. The minimum atomic E-state index is -0.563. The third kappa shape index (κ3) is 4.12. The predicted molar refractivity (Wildman–Crippen MR) is 114 cm³/mol. The molecule has 0 aliphatic heterocycles. The lowest BCUT2D eigenvalue weighted by molar-refractivity contribution is 0.0995. The number of hydrogen-bond acceptors (Lipinski definition) is 5. The van der Waals surface area contributed by atoms with Gasteiger partial charge in [-0.25, -0.2) is 9.97 Å². The maximum Gasteiger partial charge on any atom is 0.267 e. The number of primary amides is 1. The van der Waals surface area contributed by atoms with Gasteiger partial charge in [-0.15, -0.1) is 0 Å². The molecule has 0 saturated carbocycles. The van der Waals surface area contributed by atoms with E-state index in [1.807, 2.05) is 55.5 Å². The average molecular weight is 397 g/mol. The number of aromatic hydroxyl groups is 1. The predicted octanol–water partition coefficient (Wildman–Crippen LogP) is 4.72. The van der Waals surface area contributed by atoms with E-state index in [0.29, 0.717) is 17.2 Å². The van der Waals surface area contributed by atoms with Gasteiger partial charge in [0, 0.05) is 29.0 Å². The summed E-state index contributed by atoms with van der Waals surface area (Å²) in [6, 6.07) is 21.8. The van der Waals surface area contributed by atoms with Crippen LogP contribution in [0.4, 0.5) is 0 Å². The van der Waals surface area contributed by atoms with Crippen LogP contribution in [0.2, 0.25) is 0 Å². The molecular weight excluding hydrogens is 378 g/mol. The Morgan fingerprint density at radius 2 is 1.73 bits per heavy atom. The van der Waals surface area contributed by atoms with Crippen LogP contribution in [0.5, 0.6) is 17.4 Å². The number of carbonyl (C=O) groups is 1. The summed E-state index contributed by atoms with van der Waals surface area (Å²) in [5.74, 6) is 0.738. The second-order valence-corrected chi connectivity index (χ2v) is 6.80. The van der Waals surface area contributed by atoms with Gasteiger partial charge in [-0.3, -0.25) is 4.79 Å². The van der Waals surface area contributed by atoms with Crippen LogP contribution in [-0.4, -0.2) is 21.0 Å². The molecule has 0 fully saturated rings. The lowest BCUT2D eigenvalue weighted by atomic mass is 10.0. The number of ether oxygens (including phenoxy) is 1. The van der Waals surface area contributed by atoms with Gasteiger partial charge < -0.3 is 15.6 Å². The van der Waals surface area contributed by atoms with Crippen LogP contribution in [0, 0.1) is 6.92 Å². The first-order chi connectivity index (χ1) is 14.5. The van der Waals surface area contributed by atoms with Crippen LogP contribution in [0.1, 0.15) is 16.1 Å². The normalized spacial score (nSPS) is 10.6. The second-order valence-electron chi connectivity index (χ2n) is 6.80. The van der Waals surface area contributed by atoms with Crippen LogP contribution < -0.4 is 10.5 Å². The van der Waals surface area contributed by atoms with E-state index in [1.165, 1.54) is 0 Å². The highest BCUT2D eigenvalue weighted by Gasteiger charge is 2.10. The first kappa shape index (κ1) is 19.1. The number of nitrogens with two attached hydrogens (primary N) is 1. The zero-order valence-electron chi connectivity index (χ0n) is 16.2. The Morgan fingerprint density at radius 3 is 2.43 bits per heavy atom. The molecule has 4 rings (SSSR count). The van der Waals surface area contributed by atoms with E-state index >= 15 is 0 Å². The van der Waals surface area contributed by atoms with Gasteiger partial charge in [-0.05, 0) is 61.5 Å². The molecule has 3 N–H and O–H groups in total. The molecular formula is C24H19N3O3. The Kier molecular flexibility index (Phi) is 5.13. The number of carbonyl (C=O) groups excluding carboxylic acids is 1. The molecule has 2 aromatic carbocycles. The minimum absolute atomic E-state index is 0.0292. The van der Waals surface area contributed by atoms with E-state index in [2.05, 4.69) is 9.97 Å². The van der Waals surface area contributed by atoms with Crippen molar-refractivity contribution < 1.29 is 14.6 Å². The topological polar surface area (TPSA) is 98.3 Å². The molecule has 0 unspecified atom stereocenters. The van der Waals surface area contributed by atoms with Crippen molar-refractivity contribution in [3.05, 3.63) is 90.3 Å². The summed E-state index contributed by atoms with van der Waals surface area (Å²) >= 11 is 0. The van der Waals surface area contributed by atoms with Crippen molar-refractivity contribution in [2.75, 3.05) is 0 Å². The van der Waals surface area contributed by atoms with Gasteiger partial charge in [0.05, 0.1) is 5.69 Å². The number of hydrogen-bond donors (Lipinski definition) is 2. The number of benzene rings is 2. The Labute approximate surface area is 173 Å². The number of nitrogens with zero attached hydrogens (tertiary/aromatic N) is 2. The van der Waals surface area contributed by atoms with Gasteiger partial charge in [0.25, 0.3) is 5.91 Å². The third-order valence-electron chi connectivity index (χ3n) is 4.57. The summed E-state index contributed by atoms with van der Waals surface area (Å²) < 4.78 is 6.12. The van der Waals surface area contributed by atoms with E-state index in [0.717, 1.165) is 22.3 Å². The van der Waals surface area contributed by atoms with Crippen molar-refractivity contribution in [2.24, 2.45) is 5.73 Å². The number of amides is 1. The molecule has 30 heavy (non-hydrogen) atoms. The summed E-state index contributed by atoms with van der Waals surface area (Å²) in [6.45, 7) is 2.00. The van der Waals surface area contributed by atoms with Gasteiger partial charge >= 0.3 is 0 Å². The lowest BCUT2D eigenvalue weighted by Crippen LogP contribution is -2.12. The first-order valence-corrected chi connectivity index (χ1v) is 9.31. The minimum Gasteiger partial charge on any atom is -0.493 e. The van der Waals surface area contributed by atoms with Gasteiger partial charge in [-0.2, -0.15) is 0 Å². The largest absolute Gasteiger partial charge is 0.493 e. The van der Waals surface area contributed by atoms with E-state index in [-0.39, 0.29) is 11.6 Å². The Balaban J connectivity index is 1.62. The zero-order valence-corrected chi connectivity index (χ0v) is 16.2. The molecule has 6 nitrogen and oxygen atoms in total. The summed E-state index contributed by atoms with van der Waals surface area (Å²) in [5, 5.41) is 9.46. The van der Waals surface area contributed by atoms with Crippen LogP contribution in [0.25, 0.3) is 22.4 Å². The molecule has 6 heteroatoms. The molecule has 0 bridgehead atoms. The molecule has 148 valence electrons. The van der Waals surface area contributed by atoms with Gasteiger partial charge in [0.2, 0.25) is 5.88 Å². The molecule has 2 aromatic heterocycles. The third-order valence-corrected chi connectivity index (χ3v) is 4.57. The number of rotatable bonds is 5. The highest BCUT2D eigenvalue weighted by Crippen LogP contribution is 2.35. The fourth-order valence-electron chi connectivity index (χ4n) is 3.06. The first-order valence-electron chi connectivity index (χ1n) is 9.31. The van der Waals surface area contributed by atoms with Crippen molar-refractivity contribution in [1.29, 1.82) is 0 Å². The van der Waals surface area contributed by atoms with Crippen molar-refractivity contribution in [1.82, 2.24) is 9.97 Å². The van der Waals surface area contributed by atoms with Crippen molar-refractivity contribution in [2.45, 2.75) is 6.92 Å². The smallest absolute Gasteiger partial charge is 0.267 e. The van der Waals surface area contributed by atoms with Gasteiger partial charge in [0.15, 0.2) is 0 Å². The monoisotopic (exact) mass is 397 g/mol. The number of aryl methyl sites for hydroxylation is 1. The average Bonchev–Trinajstić information content (AvgIpc) is 2.76. The van der Waals surface area contributed by atoms with Gasteiger partial charge in [0.1, 0.15) is 17.2 Å². The molecule has 0 atom stereocenters. The molecule has 0 radical (unpaired) electrons. The molecule has 0 aliphatic rings. The van der Waals surface area contributed by atoms with Crippen molar-refractivity contribution >= 4 is 5.91 Å². The Hall–Kier alpha value is -4.19. The highest BCUT2D eigenvalue weighted by molar-refractivity contribution is 5.91. The summed E-state index contributed by atoms with van der Waals surface area (Å²) in [7, 11) is 0. The maximum absolute atomic E-state index is 11.4. The van der Waals surface area contributed by atoms with Crippen LogP contribution in [0.15, 0.2) is 79.0 Å². The molecule has 4 aromatic rings. The van der Waals surface area contributed by atoms with Crippen molar-refractivity contribution in [3.8, 4) is 39.8 Å².